The molecule has 0 fully saturated rings. The molecule has 2 aromatic rings. The molecule has 3 rings (SSSR count). The molecule has 9 heteroatoms. The molecule has 0 saturated carbocycles. The number of halogens is 1. The van der Waals surface area contributed by atoms with Crippen molar-refractivity contribution in [2.24, 2.45) is 0 Å². The van der Waals surface area contributed by atoms with Crippen molar-refractivity contribution in [2.75, 3.05) is 18.6 Å². The van der Waals surface area contributed by atoms with Crippen LogP contribution in [0.25, 0.3) is 0 Å². The molecule has 0 aromatic heterocycles. The van der Waals surface area contributed by atoms with Gasteiger partial charge >= 0.3 is 5.97 Å². The fraction of sp³-hybridized carbons (Fsp3) is 0.133. The third kappa shape index (κ3) is 3.10. The maximum absolute atomic E-state index is 12.5. The van der Waals surface area contributed by atoms with E-state index in [0.717, 1.165) is 6.07 Å². The second-order valence-electron chi connectivity index (χ2n) is 4.81. The average molecular weight is 370 g/mol. The van der Waals surface area contributed by atoms with Gasteiger partial charge in [-0.1, -0.05) is 11.6 Å². The number of hydrogen-bond acceptors (Lipinski definition) is 6. The molecule has 24 heavy (non-hydrogen) atoms. The van der Waals surface area contributed by atoms with Crippen molar-refractivity contribution < 1.29 is 27.4 Å². The molecule has 0 saturated heterocycles. The fourth-order valence-electron chi connectivity index (χ4n) is 2.11. The maximum Gasteiger partial charge on any atom is 0.339 e. The molecular weight excluding hydrogens is 358 g/mol. The second-order valence-corrected chi connectivity index (χ2v) is 6.90. The first-order valence-corrected chi connectivity index (χ1v) is 8.57. The Balaban J connectivity index is 1.92. The van der Waals surface area contributed by atoms with Crippen molar-refractivity contribution in [3.63, 3.8) is 0 Å². The third-order valence-electron chi connectivity index (χ3n) is 3.28. The number of hydrogen-bond donors (Lipinski definition) is 1. The third-order valence-corrected chi connectivity index (χ3v) is 4.99. The largest absolute Gasteiger partial charge is 0.465 e. The standard InChI is InChI=1S/C15H12ClNO6S/c1-21-15(18)11-7-10(3-4-12(11)16)24(19,20)17-9-2-5-13-14(6-9)23-8-22-13/h2-7,17H,8H2,1H3. The molecule has 0 atom stereocenters. The first-order chi connectivity index (χ1) is 11.4. The van der Waals surface area contributed by atoms with Crippen molar-refractivity contribution in [1.82, 2.24) is 0 Å². The summed E-state index contributed by atoms with van der Waals surface area (Å²) in [7, 11) is -2.74. The van der Waals surface area contributed by atoms with Crippen LogP contribution in [-0.4, -0.2) is 28.3 Å². The van der Waals surface area contributed by atoms with Crippen LogP contribution in [0, 0.1) is 0 Å². The Bertz CT molecular complexity index is 912. The van der Waals surface area contributed by atoms with Crippen molar-refractivity contribution in [2.45, 2.75) is 4.90 Å². The lowest BCUT2D eigenvalue weighted by atomic mass is 10.2. The molecule has 0 spiro atoms. The number of nitrogens with one attached hydrogen (secondary N) is 1. The molecule has 2 aromatic carbocycles. The predicted octanol–water partition coefficient (Wildman–Crippen LogP) is 2.66. The molecule has 1 heterocycles. The molecule has 0 bridgehead atoms. The first-order valence-electron chi connectivity index (χ1n) is 6.71. The number of carbonyl (C=O) groups is 1. The highest BCUT2D eigenvalue weighted by Crippen LogP contribution is 2.35. The summed E-state index contributed by atoms with van der Waals surface area (Å²) in [5, 5.41) is 0.101. The lowest BCUT2D eigenvalue weighted by Gasteiger charge is -2.10. The summed E-state index contributed by atoms with van der Waals surface area (Å²) in [4.78, 5) is 11.5. The smallest absolute Gasteiger partial charge is 0.339 e. The SMILES string of the molecule is COC(=O)c1cc(S(=O)(=O)Nc2ccc3c(c2)OCO3)ccc1Cl. The summed E-state index contributed by atoms with van der Waals surface area (Å²) in [6.45, 7) is 0.0885. The van der Waals surface area contributed by atoms with Gasteiger partial charge in [0.05, 0.1) is 28.3 Å². The van der Waals surface area contributed by atoms with Crippen molar-refractivity contribution in [3.05, 3.63) is 47.0 Å². The van der Waals surface area contributed by atoms with Crippen LogP contribution in [0.2, 0.25) is 5.02 Å². The van der Waals surface area contributed by atoms with Gasteiger partial charge in [0.1, 0.15) is 0 Å². The Labute approximate surface area is 143 Å². The van der Waals surface area contributed by atoms with E-state index in [1.54, 1.807) is 12.1 Å². The Morgan fingerprint density at radius 2 is 1.92 bits per heavy atom. The van der Waals surface area contributed by atoms with E-state index in [4.69, 9.17) is 21.1 Å². The summed E-state index contributed by atoms with van der Waals surface area (Å²) in [5.74, 6) is 0.263. The van der Waals surface area contributed by atoms with Gasteiger partial charge in [-0.15, -0.1) is 0 Å². The topological polar surface area (TPSA) is 90.9 Å². The van der Waals surface area contributed by atoms with Crippen LogP contribution in [0.1, 0.15) is 10.4 Å². The van der Waals surface area contributed by atoms with Gasteiger partial charge in [0.25, 0.3) is 10.0 Å². The number of benzene rings is 2. The van der Waals surface area contributed by atoms with E-state index in [1.807, 2.05) is 0 Å². The van der Waals surface area contributed by atoms with Gasteiger partial charge in [-0.05, 0) is 30.3 Å². The number of fused-ring (bicyclic) bond motifs is 1. The van der Waals surface area contributed by atoms with E-state index in [-0.39, 0.29) is 22.3 Å². The average Bonchev–Trinajstić information content (AvgIpc) is 3.01. The number of ether oxygens (including phenoxy) is 3. The lowest BCUT2D eigenvalue weighted by Crippen LogP contribution is -2.14. The van der Waals surface area contributed by atoms with E-state index in [2.05, 4.69) is 9.46 Å². The molecule has 0 aliphatic carbocycles. The summed E-state index contributed by atoms with van der Waals surface area (Å²) >= 11 is 5.90. The Hall–Kier alpha value is -2.45. The minimum absolute atomic E-state index is 0.0345. The molecule has 7 nitrogen and oxygen atoms in total. The summed E-state index contributed by atoms with van der Waals surface area (Å²) in [6.07, 6.45) is 0. The number of carbonyl (C=O) groups excluding carboxylic acids is 1. The normalized spacial score (nSPS) is 12.8. The molecular formula is C15H12ClNO6S. The Kier molecular flexibility index (Phi) is 4.25. The highest BCUT2D eigenvalue weighted by atomic mass is 35.5. The molecule has 1 aliphatic rings. The van der Waals surface area contributed by atoms with Gasteiger partial charge in [-0.25, -0.2) is 13.2 Å². The first kappa shape index (κ1) is 16.4. The zero-order chi connectivity index (χ0) is 17.3. The van der Waals surface area contributed by atoms with E-state index in [9.17, 15) is 13.2 Å². The fourth-order valence-corrected chi connectivity index (χ4v) is 3.38. The number of anilines is 1. The zero-order valence-electron chi connectivity index (χ0n) is 12.4. The molecule has 126 valence electrons. The van der Waals surface area contributed by atoms with E-state index < -0.39 is 16.0 Å². The molecule has 1 aliphatic heterocycles. The van der Waals surface area contributed by atoms with Crippen molar-refractivity contribution in [1.29, 1.82) is 0 Å². The minimum atomic E-state index is -3.92. The van der Waals surface area contributed by atoms with Crippen LogP contribution in [0.5, 0.6) is 11.5 Å². The van der Waals surface area contributed by atoms with Gasteiger partial charge in [0.2, 0.25) is 6.79 Å². The van der Waals surface area contributed by atoms with E-state index in [0.29, 0.717) is 17.2 Å². The molecule has 0 amide bonds. The van der Waals surface area contributed by atoms with Crippen LogP contribution in [0.15, 0.2) is 41.3 Å². The van der Waals surface area contributed by atoms with Crippen LogP contribution in [0.3, 0.4) is 0 Å². The van der Waals surface area contributed by atoms with Gasteiger partial charge < -0.3 is 14.2 Å². The van der Waals surface area contributed by atoms with Crippen LogP contribution in [-0.2, 0) is 14.8 Å². The minimum Gasteiger partial charge on any atom is -0.465 e. The maximum atomic E-state index is 12.5. The highest BCUT2D eigenvalue weighted by Gasteiger charge is 2.21. The molecule has 1 N–H and O–H groups in total. The predicted molar refractivity (Wildman–Crippen MR) is 86.2 cm³/mol. The molecule has 0 radical (unpaired) electrons. The monoisotopic (exact) mass is 369 g/mol. The Morgan fingerprint density at radius 1 is 1.17 bits per heavy atom. The Morgan fingerprint density at radius 3 is 2.67 bits per heavy atom. The molecule has 0 unspecified atom stereocenters. The summed E-state index contributed by atoms with van der Waals surface area (Å²) in [6, 6.07) is 8.43. The van der Waals surface area contributed by atoms with Crippen LogP contribution >= 0.6 is 11.6 Å². The van der Waals surface area contributed by atoms with Gasteiger partial charge in [-0.3, -0.25) is 4.72 Å². The highest BCUT2D eigenvalue weighted by molar-refractivity contribution is 7.92. The van der Waals surface area contributed by atoms with Crippen LogP contribution in [0.4, 0.5) is 5.69 Å². The lowest BCUT2D eigenvalue weighted by molar-refractivity contribution is 0.0600. The summed E-state index contributed by atoms with van der Waals surface area (Å²) < 4.78 is 42.4. The summed E-state index contributed by atoms with van der Waals surface area (Å²) in [5.41, 5.74) is 0.265. The second kappa shape index (κ2) is 6.21. The van der Waals surface area contributed by atoms with E-state index in [1.165, 1.54) is 25.3 Å². The quantitative estimate of drug-likeness (QED) is 0.833. The zero-order valence-corrected chi connectivity index (χ0v) is 14.0. The van der Waals surface area contributed by atoms with Crippen LogP contribution < -0.4 is 14.2 Å². The van der Waals surface area contributed by atoms with Gasteiger partial charge in [0, 0.05) is 6.07 Å². The van der Waals surface area contributed by atoms with Gasteiger partial charge in [0.15, 0.2) is 11.5 Å². The number of methoxy groups -OCH3 is 1. The van der Waals surface area contributed by atoms with Crippen molar-refractivity contribution >= 4 is 33.3 Å². The number of rotatable bonds is 4. The van der Waals surface area contributed by atoms with E-state index >= 15 is 0 Å². The number of sulfonamides is 1. The van der Waals surface area contributed by atoms with Crippen molar-refractivity contribution in [3.8, 4) is 11.5 Å². The number of esters is 1. The van der Waals surface area contributed by atoms with Gasteiger partial charge in [-0.2, -0.15) is 0 Å².